The standard InChI is InChI=1S/C27H34N2O7/c1-5-12-29-16-22(27(33)35-4)21-10-8-18(25(21)26(29)32)15-28-24(31)7-6-13-36-23-14-19(34-3)9-11-20(23)17(2)30/h8-9,11,14,16,21,25H,5-7,10,12-13,15H2,1-4H3,(H,28,31). The van der Waals surface area contributed by atoms with Gasteiger partial charge in [0.1, 0.15) is 11.5 Å². The number of hydrogen-bond donors (Lipinski definition) is 1. The predicted octanol–water partition coefficient (Wildman–Crippen LogP) is 3.04. The topological polar surface area (TPSA) is 111 Å². The summed E-state index contributed by atoms with van der Waals surface area (Å²) in [5.41, 5.74) is 1.76. The van der Waals surface area contributed by atoms with Crippen molar-refractivity contribution in [2.24, 2.45) is 11.8 Å². The van der Waals surface area contributed by atoms with Crippen LogP contribution >= 0.6 is 0 Å². The highest BCUT2D eigenvalue weighted by Crippen LogP contribution is 2.41. The van der Waals surface area contributed by atoms with Gasteiger partial charge in [0.05, 0.1) is 37.9 Å². The molecule has 2 unspecified atom stereocenters. The molecule has 1 N–H and O–H groups in total. The summed E-state index contributed by atoms with van der Waals surface area (Å²) in [7, 11) is 2.87. The second kappa shape index (κ2) is 12.4. The minimum absolute atomic E-state index is 0.0551. The molecule has 2 atom stereocenters. The highest BCUT2D eigenvalue weighted by molar-refractivity contribution is 5.97. The van der Waals surface area contributed by atoms with Gasteiger partial charge in [-0.05, 0) is 43.9 Å². The Hall–Kier alpha value is -3.62. The third-order valence-electron chi connectivity index (χ3n) is 6.43. The molecule has 1 aliphatic heterocycles. The first kappa shape index (κ1) is 27.0. The van der Waals surface area contributed by atoms with E-state index in [1.807, 2.05) is 13.0 Å². The van der Waals surface area contributed by atoms with Gasteiger partial charge < -0.3 is 24.4 Å². The number of nitrogens with one attached hydrogen (secondary N) is 1. The van der Waals surface area contributed by atoms with Crippen molar-refractivity contribution in [2.75, 3.05) is 33.9 Å². The number of hydrogen-bond acceptors (Lipinski definition) is 7. The van der Waals surface area contributed by atoms with Gasteiger partial charge in [0.25, 0.3) is 0 Å². The molecule has 2 aliphatic rings. The Bertz CT molecular complexity index is 1080. The fourth-order valence-electron chi connectivity index (χ4n) is 4.61. The summed E-state index contributed by atoms with van der Waals surface area (Å²) in [5, 5.41) is 2.89. The fraction of sp³-hybridized carbons (Fsp3) is 0.481. The molecule has 0 fully saturated rings. The molecule has 9 nitrogen and oxygen atoms in total. The SMILES string of the molecule is CCCN1C=C(C(=O)OC)C2CC=C(CNC(=O)CCCOc3cc(OC)ccc3C(C)=O)C2C1=O. The number of benzene rings is 1. The number of allylic oxidation sites excluding steroid dienone is 1. The molecule has 1 aromatic carbocycles. The van der Waals surface area contributed by atoms with Crippen molar-refractivity contribution < 1.29 is 33.4 Å². The number of methoxy groups -OCH3 is 2. The van der Waals surface area contributed by atoms with Gasteiger partial charge in [-0.1, -0.05) is 13.0 Å². The Labute approximate surface area is 211 Å². The number of esters is 1. The van der Waals surface area contributed by atoms with Crippen molar-refractivity contribution in [3.05, 3.63) is 47.2 Å². The number of rotatable bonds is 12. The Morgan fingerprint density at radius 3 is 2.64 bits per heavy atom. The average Bonchev–Trinajstić information content (AvgIpc) is 3.30. The smallest absolute Gasteiger partial charge is 0.335 e. The Morgan fingerprint density at radius 2 is 1.97 bits per heavy atom. The van der Waals surface area contributed by atoms with Gasteiger partial charge in [-0.3, -0.25) is 14.4 Å². The van der Waals surface area contributed by atoms with Gasteiger partial charge in [-0.25, -0.2) is 4.79 Å². The van der Waals surface area contributed by atoms with Crippen LogP contribution in [0.15, 0.2) is 41.6 Å². The van der Waals surface area contributed by atoms with E-state index in [9.17, 15) is 19.2 Å². The summed E-state index contributed by atoms with van der Waals surface area (Å²) >= 11 is 0. The van der Waals surface area contributed by atoms with E-state index in [-0.39, 0.29) is 43.1 Å². The summed E-state index contributed by atoms with van der Waals surface area (Å²) in [6.07, 6.45) is 5.54. The number of fused-ring (bicyclic) bond motifs is 1. The fourth-order valence-corrected chi connectivity index (χ4v) is 4.61. The summed E-state index contributed by atoms with van der Waals surface area (Å²) in [4.78, 5) is 51.3. The van der Waals surface area contributed by atoms with Crippen molar-refractivity contribution in [1.82, 2.24) is 10.2 Å². The number of carbonyl (C=O) groups is 4. The molecule has 3 rings (SSSR count). The zero-order chi connectivity index (χ0) is 26.2. The molecule has 2 amide bonds. The summed E-state index contributed by atoms with van der Waals surface area (Å²) in [5.74, 6) is -0.510. The van der Waals surface area contributed by atoms with Crippen LogP contribution in [0.25, 0.3) is 0 Å². The number of ketones is 1. The zero-order valence-corrected chi connectivity index (χ0v) is 21.3. The second-order valence-corrected chi connectivity index (χ2v) is 8.85. The maximum atomic E-state index is 13.1. The molecule has 0 bridgehead atoms. The molecule has 194 valence electrons. The first-order chi connectivity index (χ1) is 17.3. The number of amides is 2. The van der Waals surface area contributed by atoms with Crippen molar-refractivity contribution in [3.63, 3.8) is 0 Å². The molecule has 1 aliphatic carbocycles. The first-order valence-corrected chi connectivity index (χ1v) is 12.2. The Morgan fingerprint density at radius 1 is 1.19 bits per heavy atom. The zero-order valence-electron chi connectivity index (χ0n) is 21.3. The minimum Gasteiger partial charge on any atom is -0.497 e. The Balaban J connectivity index is 1.52. The van der Waals surface area contributed by atoms with E-state index in [1.54, 1.807) is 29.3 Å². The Kier molecular flexibility index (Phi) is 9.27. The lowest BCUT2D eigenvalue weighted by molar-refractivity contribution is -0.139. The summed E-state index contributed by atoms with van der Waals surface area (Å²) in [6.45, 7) is 4.45. The molecule has 1 aromatic rings. The number of Topliss-reactive ketones (excluding diaryl/α,β-unsaturated/α-hetero) is 1. The molecular weight excluding hydrogens is 464 g/mol. The van der Waals surface area contributed by atoms with Crippen LogP contribution in [0.2, 0.25) is 0 Å². The van der Waals surface area contributed by atoms with Gasteiger partial charge in [0, 0.05) is 37.7 Å². The minimum atomic E-state index is -0.475. The van der Waals surface area contributed by atoms with Crippen LogP contribution in [-0.4, -0.2) is 62.4 Å². The van der Waals surface area contributed by atoms with Gasteiger partial charge in [-0.2, -0.15) is 0 Å². The lowest BCUT2D eigenvalue weighted by atomic mass is 9.81. The van der Waals surface area contributed by atoms with Gasteiger partial charge in [0.15, 0.2) is 5.78 Å². The third-order valence-corrected chi connectivity index (χ3v) is 6.43. The lowest BCUT2D eigenvalue weighted by Gasteiger charge is -2.34. The highest BCUT2D eigenvalue weighted by Gasteiger charge is 2.44. The molecule has 0 saturated heterocycles. The maximum absolute atomic E-state index is 13.1. The first-order valence-electron chi connectivity index (χ1n) is 12.2. The number of nitrogens with zero attached hydrogens (tertiary/aromatic N) is 1. The molecule has 0 radical (unpaired) electrons. The van der Waals surface area contributed by atoms with E-state index >= 15 is 0 Å². The van der Waals surface area contributed by atoms with E-state index in [0.29, 0.717) is 42.0 Å². The lowest BCUT2D eigenvalue weighted by Crippen LogP contribution is -2.43. The molecular formula is C27H34N2O7. The van der Waals surface area contributed by atoms with Crippen LogP contribution < -0.4 is 14.8 Å². The quantitative estimate of drug-likeness (QED) is 0.204. The van der Waals surface area contributed by atoms with E-state index < -0.39 is 11.9 Å². The normalized spacial score (nSPS) is 18.7. The van der Waals surface area contributed by atoms with Gasteiger partial charge >= 0.3 is 5.97 Å². The van der Waals surface area contributed by atoms with E-state index in [0.717, 1.165) is 12.0 Å². The molecule has 0 aromatic heterocycles. The van der Waals surface area contributed by atoms with Gasteiger partial charge in [0.2, 0.25) is 11.8 Å². The van der Waals surface area contributed by atoms with Crippen LogP contribution in [0, 0.1) is 11.8 Å². The number of carbonyl (C=O) groups excluding carboxylic acids is 4. The van der Waals surface area contributed by atoms with E-state index in [2.05, 4.69) is 5.32 Å². The molecule has 1 heterocycles. The largest absolute Gasteiger partial charge is 0.497 e. The average molecular weight is 499 g/mol. The van der Waals surface area contributed by atoms with Crippen molar-refractivity contribution >= 4 is 23.6 Å². The van der Waals surface area contributed by atoms with Crippen LogP contribution in [0.5, 0.6) is 11.5 Å². The molecule has 0 saturated carbocycles. The molecule has 0 spiro atoms. The van der Waals surface area contributed by atoms with Crippen molar-refractivity contribution in [1.29, 1.82) is 0 Å². The van der Waals surface area contributed by atoms with E-state index in [1.165, 1.54) is 21.1 Å². The van der Waals surface area contributed by atoms with Crippen LogP contribution in [0.1, 0.15) is 49.9 Å². The van der Waals surface area contributed by atoms with Crippen molar-refractivity contribution in [3.8, 4) is 11.5 Å². The molecule has 9 heteroatoms. The van der Waals surface area contributed by atoms with Crippen LogP contribution in [0.3, 0.4) is 0 Å². The van der Waals surface area contributed by atoms with Crippen molar-refractivity contribution in [2.45, 2.75) is 39.5 Å². The summed E-state index contributed by atoms with van der Waals surface area (Å²) < 4.78 is 15.9. The molecule has 36 heavy (non-hydrogen) atoms. The monoisotopic (exact) mass is 498 g/mol. The van der Waals surface area contributed by atoms with Gasteiger partial charge in [-0.15, -0.1) is 0 Å². The maximum Gasteiger partial charge on any atom is 0.335 e. The summed E-state index contributed by atoms with van der Waals surface area (Å²) in [6, 6.07) is 5.00. The van der Waals surface area contributed by atoms with E-state index in [4.69, 9.17) is 14.2 Å². The predicted molar refractivity (Wildman–Crippen MR) is 133 cm³/mol. The second-order valence-electron chi connectivity index (χ2n) is 8.85. The third kappa shape index (κ3) is 6.13. The number of ether oxygens (including phenoxy) is 3. The van der Waals surface area contributed by atoms with Crippen LogP contribution in [-0.2, 0) is 19.1 Å². The highest BCUT2D eigenvalue weighted by atomic mass is 16.5. The van der Waals surface area contributed by atoms with Crippen LogP contribution in [0.4, 0.5) is 0 Å².